The first-order valence-corrected chi connectivity index (χ1v) is 23.1. The molecule has 0 unspecified atom stereocenters. The number of benzene rings is 9. The molecule has 13 rings (SSSR count). The lowest BCUT2D eigenvalue weighted by Gasteiger charge is -2.34. The van der Waals surface area contributed by atoms with Crippen molar-refractivity contribution in [2.24, 2.45) is 0 Å². The molecule has 0 atom stereocenters. The Morgan fingerprint density at radius 1 is 0.343 bits per heavy atom. The average Bonchev–Trinajstić information content (AvgIpc) is 3.70. The van der Waals surface area contributed by atoms with Gasteiger partial charge in [0, 0.05) is 45.1 Å². The summed E-state index contributed by atoms with van der Waals surface area (Å²) in [5, 5.41) is 7.11. The summed E-state index contributed by atoms with van der Waals surface area (Å²) in [6.07, 6.45) is 3.80. The summed E-state index contributed by atoms with van der Waals surface area (Å²) in [5.74, 6) is 0. The van der Waals surface area contributed by atoms with E-state index in [1.54, 1.807) is 0 Å². The number of hydrogen-bond acceptors (Lipinski definition) is 3. The molecule has 0 saturated carbocycles. The fraction of sp³-hybridized carbons (Fsp3) is 0.0469. The minimum atomic E-state index is -0.572. The number of fused-ring (bicyclic) bond motifs is 9. The molecule has 3 heterocycles. The number of hydrogen-bond donors (Lipinski definition) is 0. The van der Waals surface area contributed by atoms with Gasteiger partial charge in [0.15, 0.2) is 0 Å². The van der Waals surface area contributed by atoms with Gasteiger partial charge in [-0.1, -0.05) is 182 Å². The van der Waals surface area contributed by atoms with Gasteiger partial charge in [0.25, 0.3) is 0 Å². The van der Waals surface area contributed by atoms with Crippen molar-refractivity contribution in [3.05, 3.63) is 258 Å². The van der Waals surface area contributed by atoms with E-state index >= 15 is 0 Å². The van der Waals surface area contributed by atoms with E-state index in [0.717, 1.165) is 66.6 Å². The zero-order valence-corrected chi connectivity index (χ0v) is 37.2. The molecule has 1 aliphatic rings. The molecule has 0 bridgehead atoms. The fourth-order valence-electron chi connectivity index (χ4n) is 11.4. The smallest absolute Gasteiger partial charge is 0.0791 e. The summed E-state index contributed by atoms with van der Waals surface area (Å²) in [5.41, 5.74) is 20.0. The SMILES string of the molecule is Cc1c2c(-c3ccccc3)nc3cc(-c4ccc5c(c4)C(c4ccccc4)(c4ccccc4)c4cc(-c6cccnc6)ccc4-5)ccc3c2c(C)c2c(-c3ccccc3)nc3ccccc3c12. The molecule has 3 aromatic heterocycles. The van der Waals surface area contributed by atoms with Crippen LogP contribution in [0.1, 0.15) is 33.4 Å². The lowest BCUT2D eigenvalue weighted by molar-refractivity contribution is 0.769. The van der Waals surface area contributed by atoms with Crippen LogP contribution >= 0.6 is 0 Å². The van der Waals surface area contributed by atoms with Gasteiger partial charge in [0.2, 0.25) is 0 Å². The second kappa shape index (κ2) is 15.3. The molecule has 3 heteroatoms. The van der Waals surface area contributed by atoms with Crippen LogP contribution in [0.5, 0.6) is 0 Å². The van der Waals surface area contributed by atoms with Crippen molar-refractivity contribution in [3.8, 4) is 55.9 Å². The number of aromatic nitrogens is 3. The molecule has 0 saturated heterocycles. The summed E-state index contributed by atoms with van der Waals surface area (Å²) in [7, 11) is 0. The first-order valence-electron chi connectivity index (χ1n) is 23.1. The monoisotopic (exact) mass is 853 g/mol. The Kier molecular flexibility index (Phi) is 8.88. The van der Waals surface area contributed by atoms with Crippen molar-refractivity contribution in [1.29, 1.82) is 0 Å². The third kappa shape index (κ3) is 5.88. The topological polar surface area (TPSA) is 38.7 Å². The van der Waals surface area contributed by atoms with Crippen LogP contribution < -0.4 is 0 Å². The molecule has 9 aromatic carbocycles. The minimum absolute atomic E-state index is 0.572. The molecule has 3 nitrogen and oxygen atoms in total. The van der Waals surface area contributed by atoms with Crippen LogP contribution in [-0.4, -0.2) is 15.0 Å². The van der Waals surface area contributed by atoms with Crippen LogP contribution in [0.15, 0.2) is 225 Å². The van der Waals surface area contributed by atoms with E-state index in [2.05, 4.69) is 225 Å². The maximum absolute atomic E-state index is 5.68. The van der Waals surface area contributed by atoms with Crippen molar-refractivity contribution in [3.63, 3.8) is 0 Å². The number of pyridine rings is 3. The van der Waals surface area contributed by atoms with Crippen molar-refractivity contribution in [1.82, 2.24) is 15.0 Å². The molecule has 0 N–H and O–H groups in total. The highest BCUT2D eigenvalue weighted by atomic mass is 14.7. The van der Waals surface area contributed by atoms with Gasteiger partial charge < -0.3 is 0 Å². The molecule has 0 radical (unpaired) electrons. The Bertz CT molecular complexity index is 3860. The van der Waals surface area contributed by atoms with Crippen LogP contribution in [0.3, 0.4) is 0 Å². The number of aryl methyl sites for hydroxylation is 2. The standard InChI is InChI=1S/C64H43N3/c1-40-58-52-27-15-16-28-56(52)66-62(42-18-7-3-8-19-42)60(58)41(2)59-53-34-31-46(38-57(53)67-63(61(40)59)43-20-9-4-10-21-43)44-29-32-50-51-33-30-45(47-22-17-35-65-39-47)37-55(51)64(54(50)36-44,48-23-11-5-12-24-48)49-25-13-6-14-26-49/h3-39H,1-2H3. The highest BCUT2D eigenvalue weighted by molar-refractivity contribution is 6.25. The maximum Gasteiger partial charge on any atom is 0.0791 e. The van der Waals surface area contributed by atoms with Crippen molar-refractivity contribution in [2.45, 2.75) is 19.3 Å². The summed E-state index contributed by atoms with van der Waals surface area (Å²) in [6, 6.07) is 77.2. The summed E-state index contributed by atoms with van der Waals surface area (Å²) >= 11 is 0. The Morgan fingerprint density at radius 3 is 1.34 bits per heavy atom. The van der Waals surface area contributed by atoms with Crippen molar-refractivity contribution >= 4 is 43.4 Å². The second-order valence-corrected chi connectivity index (χ2v) is 17.9. The summed E-state index contributed by atoms with van der Waals surface area (Å²) < 4.78 is 0. The van der Waals surface area contributed by atoms with Crippen LogP contribution in [0.25, 0.3) is 99.2 Å². The van der Waals surface area contributed by atoms with Gasteiger partial charge in [-0.15, -0.1) is 0 Å². The Morgan fingerprint density at radius 2 is 0.791 bits per heavy atom. The van der Waals surface area contributed by atoms with Crippen LogP contribution in [-0.2, 0) is 5.41 Å². The largest absolute Gasteiger partial charge is 0.264 e. The van der Waals surface area contributed by atoms with Crippen LogP contribution in [0, 0.1) is 13.8 Å². The Labute approximate surface area is 389 Å². The van der Waals surface area contributed by atoms with Crippen molar-refractivity contribution in [2.75, 3.05) is 0 Å². The van der Waals surface area contributed by atoms with E-state index in [4.69, 9.17) is 9.97 Å². The lowest BCUT2D eigenvalue weighted by Crippen LogP contribution is -2.28. The number of para-hydroxylation sites is 1. The summed E-state index contributed by atoms with van der Waals surface area (Å²) in [4.78, 5) is 15.6. The number of nitrogens with zero attached hydrogens (tertiary/aromatic N) is 3. The van der Waals surface area contributed by atoms with Gasteiger partial charge in [0.1, 0.15) is 0 Å². The highest BCUT2D eigenvalue weighted by Crippen LogP contribution is 2.57. The van der Waals surface area contributed by atoms with Gasteiger partial charge in [-0.05, 0) is 122 Å². The molecule has 0 aliphatic heterocycles. The minimum Gasteiger partial charge on any atom is -0.264 e. The van der Waals surface area contributed by atoms with E-state index < -0.39 is 5.41 Å². The molecular formula is C64H43N3. The summed E-state index contributed by atoms with van der Waals surface area (Å²) in [6.45, 7) is 4.58. The van der Waals surface area contributed by atoms with E-state index in [0.29, 0.717) is 0 Å². The number of rotatable bonds is 6. The second-order valence-electron chi connectivity index (χ2n) is 17.9. The van der Waals surface area contributed by atoms with Crippen LogP contribution in [0.2, 0.25) is 0 Å². The third-order valence-electron chi connectivity index (χ3n) is 14.4. The highest BCUT2D eigenvalue weighted by Gasteiger charge is 2.46. The van der Waals surface area contributed by atoms with E-state index in [9.17, 15) is 0 Å². The lowest BCUT2D eigenvalue weighted by atomic mass is 9.67. The zero-order chi connectivity index (χ0) is 44.6. The van der Waals surface area contributed by atoms with Gasteiger partial charge >= 0.3 is 0 Å². The quantitative estimate of drug-likeness (QED) is 0.124. The predicted molar refractivity (Wildman–Crippen MR) is 278 cm³/mol. The zero-order valence-electron chi connectivity index (χ0n) is 37.2. The normalized spacial score (nSPS) is 12.7. The molecule has 0 spiro atoms. The molecule has 12 aromatic rings. The predicted octanol–water partition coefficient (Wildman–Crippen LogP) is 16.1. The Balaban J connectivity index is 1.08. The first kappa shape index (κ1) is 38.9. The fourth-order valence-corrected chi connectivity index (χ4v) is 11.4. The maximum atomic E-state index is 5.68. The van der Waals surface area contributed by atoms with Crippen molar-refractivity contribution < 1.29 is 0 Å². The molecule has 314 valence electrons. The molecule has 1 aliphatic carbocycles. The average molecular weight is 854 g/mol. The van der Waals surface area contributed by atoms with Gasteiger partial charge in [0.05, 0.1) is 27.8 Å². The van der Waals surface area contributed by atoms with E-state index in [1.807, 2.05) is 18.5 Å². The van der Waals surface area contributed by atoms with E-state index in [-0.39, 0.29) is 0 Å². The first-order chi connectivity index (χ1) is 33.1. The molecule has 0 fully saturated rings. The molecular weight excluding hydrogens is 811 g/mol. The molecule has 0 amide bonds. The molecule has 67 heavy (non-hydrogen) atoms. The Hall–Kier alpha value is -8.53. The van der Waals surface area contributed by atoms with Crippen LogP contribution in [0.4, 0.5) is 0 Å². The van der Waals surface area contributed by atoms with E-state index in [1.165, 1.54) is 66.1 Å². The third-order valence-corrected chi connectivity index (χ3v) is 14.4. The van der Waals surface area contributed by atoms with Gasteiger partial charge in [-0.25, -0.2) is 9.97 Å². The van der Waals surface area contributed by atoms with Gasteiger partial charge in [-0.2, -0.15) is 0 Å². The van der Waals surface area contributed by atoms with Gasteiger partial charge in [-0.3, -0.25) is 4.98 Å².